The van der Waals surface area contributed by atoms with Gasteiger partial charge in [0.25, 0.3) is 0 Å². The van der Waals surface area contributed by atoms with Crippen LogP contribution < -0.4 is 19.8 Å². The molecule has 1 amide bonds. The van der Waals surface area contributed by atoms with Gasteiger partial charge in [0, 0.05) is 44.3 Å². The van der Waals surface area contributed by atoms with Gasteiger partial charge in [0.15, 0.2) is 0 Å². The van der Waals surface area contributed by atoms with Crippen LogP contribution in [-0.4, -0.2) is 40.5 Å². The Bertz CT molecular complexity index is 1440. The van der Waals surface area contributed by atoms with Gasteiger partial charge in [-0.25, -0.2) is 17.5 Å². The van der Waals surface area contributed by atoms with Crippen molar-refractivity contribution in [2.24, 2.45) is 0 Å². The Morgan fingerprint density at radius 1 is 0.949 bits per heavy atom. The number of fused-ring (bicyclic) bond motifs is 1. The van der Waals surface area contributed by atoms with Crippen LogP contribution in [0.25, 0.3) is 0 Å². The molecular weight excluding hydrogens is 515 g/mol. The van der Waals surface area contributed by atoms with Crippen molar-refractivity contribution in [2.75, 3.05) is 41.3 Å². The molecule has 1 aliphatic heterocycles. The molecule has 3 aromatic carbocycles. The predicted molar refractivity (Wildman–Crippen MR) is 153 cm³/mol. The van der Waals surface area contributed by atoms with Crippen LogP contribution in [0.15, 0.2) is 71.6 Å². The van der Waals surface area contributed by atoms with Crippen LogP contribution in [0, 0.1) is 5.82 Å². The van der Waals surface area contributed by atoms with Crippen LogP contribution in [0.5, 0.6) is 0 Å². The molecule has 5 rings (SSSR count). The Labute approximate surface area is 230 Å². The summed E-state index contributed by atoms with van der Waals surface area (Å²) in [7, 11) is -3.94. The van der Waals surface area contributed by atoms with E-state index in [1.54, 1.807) is 30.3 Å². The monoisotopic (exact) mass is 550 g/mol. The lowest BCUT2D eigenvalue weighted by Crippen LogP contribution is -2.47. The number of sulfonamides is 1. The highest BCUT2D eigenvalue weighted by Crippen LogP contribution is 2.34. The number of hydrogen-bond donors (Lipinski definition) is 2. The molecular formula is C30H35FN4O3S. The van der Waals surface area contributed by atoms with Crippen LogP contribution >= 0.6 is 0 Å². The predicted octanol–water partition coefficient (Wildman–Crippen LogP) is 5.25. The summed E-state index contributed by atoms with van der Waals surface area (Å²) in [6.07, 6.45) is 3.62. The van der Waals surface area contributed by atoms with E-state index in [9.17, 15) is 17.6 Å². The number of hydrogen-bond acceptors (Lipinski definition) is 5. The number of amides is 1. The number of aryl methyl sites for hydroxylation is 1. The normalized spacial score (nSPS) is 17.5. The highest BCUT2D eigenvalue weighted by Gasteiger charge is 2.30. The lowest BCUT2D eigenvalue weighted by molar-refractivity contribution is -0.116. The third-order valence-corrected chi connectivity index (χ3v) is 8.99. The summed E-state index contributed by atoms with van der Waals surface area (Å²) in [6, 6.07) is 19.4. The molecule has 0 radical (unpaired) electrons. The number of anilines is 3. The molecule has 39 heavy (non-hydrogen) atoms. The average molecular weight is 551 g/mol. The van der Waals surface area contributed by atoms with E-state index in [0.717, 1.165) is 24.8 Å². The van der Waals surface area contributed by atoms with Crippen LogP contribution in [0.3, 0.4) is 0 Å². The smallest absolute Gasteiger partial charge is 0.243 e. The Morgan fingerprint density at radius 3 is 2.38 bits per heavy atom. The zero-order valence-corrected chi connectivity index (χ0v) is 23.0. The van der Waals surface area contributed by atoms with Crippen LogP contribution in [0.4, 0.5) is 21.5 Å². The highest BCUT2D eigenvalue weighted by atomic mass is 32.2. The first kappa shape index (κ1) is 27.1. The van der Waals surface area contributed by atoms with Crippen molar-refractivity contribution in [1.82, 2.24) is 4.72 Å². The average Bonchev–Trinajstić information content (AvgIpc) is 2.94. The molecule has 0 aromatic heterocycles. The van der Waals surface area contributed by atoms with E-state index in [-0.39, 0.29) is 22.7 Å². The Kier molecular flexibility index (Phi) is 8.18. The second-order valence-corrected chi connectivity index (χ2v) is 11.9. The fraction of sp³-hybridized carbons (Fsp3) is 0.367. The molecule has 0 unspecified atom stereocenters. The topological polar surface area (TPSA) is 81.8 Å². The SMILES string of the molecule is CCCC(=O)Nc1ccc(N2CCN(c3ccccc3F)CC2)c(S(=O)(=O)N[C@@H]2CCCc3ccccc32)c1. The number of benzene rings is 3. The molecule has 9 heteroatoms. The maximum absolute atomic E-state index is 14.4. The quantitative estimate of drug-likeness (QED) is 0.401. The van der Waals surface area contributed by atoms with E-state index in [4.69, 9.17) is 0 Å². The van der Waals surface area contributed by atoms with E-state index in [0.29, 0.717) is 56.1 Å². The maximum atomic E-state index is 14.4. The number of carbonyl (C=O) groups excluding carboxylic acids is 1. The Morgan fingerprint density at radius 2 is 1.64 bits per heavy atom. The van der Waals surface area contributed by atoms with E-state index in [1.165, 1.54) is 11.6 Å². The highest BCUT2D eigenvalue weighted by molar-refractivity contribution is 7.89. The van der Waals surface area contributed by atoms with Gasteiger partial charge in [0.2, 0.25) is 15.9 Å². The van der Waals surface area contributed by atoms with Gasteiger partial charge in [0.1, 0.15) is 10.7 Å². The number of nitrogens with zero attached hydrogens (tertiary/aromatic N) is 2. The number of rotatable bonds is 8. The van der Waals surface area contributed by atoms with Crippen molar-refractivity contribution in [3.8, 4) is 0 Å². The molecule has 2 N–H and O–H groups in total. The zero-order valence-electron chi connectivity index (χ0n) is 22.2. The fourth-order valence-corrected chi connectivity index (χ4v) is 7.04. The first-order valence-electron chi connectivity index (χ1n) is 13.6. The molecule has 1 heterocycles. The molecule has 1 saturated heterocycles. The molecule has 2 aliphatic rings. The molecule has 1 aliphatic carbocycles. The standard InChI is InChI=1S/C30H35FN4O3S/c1-2-8-30(36)32-23-15-16-28(35-19-17-34(18-20-35)27-14-6-5-12-25(27)31)29(21-23)39(37,38)33-26-13-7-10-22-9-3-4-11-24(22)26/h3-6,9,11-12,14-16,21,26,33H,2,7-8,10,13,17-20H2,1H3,(H,32,36)/t26-/m1/s1. The lowest BCUT2D eigenvalue weighted by atomic mass is 9.88. The van der Waals surface area contributed by atoms with Gasteiger partial charge in [-0.2, -0.15) is 0 Å². The Balaban J connectivity index is 1.43. The third-order valence-electron chi connectivity index (χ3n) is 7.49. The van der Waals surface area contributed by atoms with E-state index in [2.05, 4.69) is 16.1 Å². The van der Waals surface area contributed by atoms with Gasteiger partial charge in [-0.15, -0.1) is 0 Å². The molecule has 0 saturated carbocycles. The summed E-state index contributed by atoms with van der Waals surface area (Å²) in [5.74, 6) is -0.417. The molecule has 1 fully saturated rings. The minimum Gasteiger partial charge on any atom is -0.367 e. The molecule has 206 valence electrons. The van der Waals surface area contributed by atoms with Crippen molar-refractivity contribution < 1.29 is 17.6 Å². The lowest BCUT2D eigenvalue weighted by Gasteiger charge is -2.38. The zero-order chi connectivity index (χ0) is 27.4. The van der Waals surface area contributed by atoms with Crippen molar-refractivity contribution in [2.45, 2.75) is 50.0 Å². The fourth-order valence-electron chi connectivity index (χ4n) is 5.54. The van der Waals surface area contributed by atoms with Gasteiger partial charge in [-0.3, -0.25) is 4.79 Å². The van der Waals surface area contributed by atoms with Crippen LogP contribution in [0.1, 0.15) is 49.8 Å². The van der Waals surface area contributed by atoms with E-state index in [1.807, 2.05) is 41.0 Å². The van der Waals surface area contributed by atoms with Crippen molar-refractivity contribution in [3.05, 3.63) is 83.7 Å². The molecule has 7 nitrogen and oxygen atoms in total. The minimum atomic E-state index is -3.94. The Hall–Kier alpha value is -3.43. The van der Waals surface area contributed by atoms with Gasteiger partial charge in [-0.05, 0) is 67.1 Å². The molecule has 0 spiro atoms. The molecule has 3 aromatic rings. The maximum Gasteiger partial charge on any atom is 0.243 e. The third kappa shape index (κ3) is 6.09. The summed E-state index contributed by atoms with van der Waals surface area (Å²) < 4.78 is 45.3. The largest absolute Gasteiger partial charge is 0.367 e. The molecule has 1 atom stereocenters. The number of carbonyl (C=O) groups is 1. The van der Waals surface area contributed by atoms with Gasteiger partial charge in [-0.1, -0.05) is 43.3 Å². The van der Waals surface area contributed by atoms with Crippen molar-refractivity contribution >= 4 is 33.0 Å². The number of halogens is 1. The summed E-state index contributed by atoms with van der Waals surface area (Å²) >= 11 is 0. The summed E-state index contributed by atoms with van der Waals surface area (Å²) in [5.41, 5.74) is 3.76. The minimum absolute atomic E-state index is 0.138. The van der Waals surface area contributed by atoms with Crippen molar-refractivity contribution in [3.63, 3.8) is 0 Å². The molecule has 0 bridgehead atoms. The van der Waals surface area contributed by atoms with Gasteiger partial charge >= 0.3 is 0 Å². The number of nitrogens with one attached hydrogen (secondary N) is 2. The summed E-state index contributed by atoms with van der Waals surface area (Å²) in [4.78, 5) is 16.4. The number of para-hydroxylation sites is 1. The van der Waals surface area contributed by atoms with E-state index >= 15 is 0 Å². The second-order valence-electron chi connectivity index (χ2n) is 10.2. The first-order chi connectivity index (χ1) is 18.9. The van der Waals surface area contributed by atoms with Crippen LogP contribution in [0.2, 0.25) is 0 Å². The van der Waals surface area contributed by atoms with Crippen LogP contribution in [-0.2, 0) is 21.2 Å². The summed E-state index contributed by atoms with van der Waals surface area (Å²) in [5, 5.41) is 2.84. The van der Waals surface area contributed by atoms with Gasteiger partial charge in [0.05, 0.1) is 11.4 Å². The van der Waals surface area contributed by atoms with Crippen molar-refractivity contribution in [1.29, 1.82) is 0 Å². The van der Waals surface area contributed by atoms with Gasteiger partial charge < -0.3 is 15.1 Å². The van der Waals surface area contributed by atoms with E-state index < -0.39 is 10.0 Å². The first-order valence-corrected chi connectivity index (χ1v) is 15.1. The second kappa shape index (κ2) is 11.8. The summed E-state index contributed by atoms with van der Waals surface area (Å²) in [6.45, 7) is 4.10. The number of piperazine rings is 1.